The van der Waals surface area contributed by atoms with Crippen LogP contribution in [0.1, 0.15) is 169 Å². The second-order valence-corrected chi connectivity index (χ2v) is 38.9. The third-order valence-electron chi connectivity index (χ3n) is 25.1. The highest BCUT2D eigenvalue weighted by molar-refractivity contribution is 9.10. The lowest BCUT2D eigenvalue weighted by atomic mass is 9.85. The number of anilines is 2. The number of carbonyl (C=O) groups excluding carboxylic acids is 3. The number of rotatable bonds is 20. The summed E-state index contributed by atoms with van der Waals surface area (Å²) in [4.78, 5) is 96.5. The molecule has 0 saturated carbocycles. The minimum atomic E-state index is -1.11. The molecule has 7 fully saturated rings. The third kappa shape index (κ3) is 27.1. The van der Waals surface area contributed by atoms with E-state index < -0.39 is 22.4 Å². The zero-order valence-electron chi connectivity index (χ0n) is 76.3. The normalized spacial score (nSPS) is 25.8. The number of aliphatic hydroxyl groups is 4. The van der Waals surface area contributed by atoms with Crippen LogP contribution in [0, 0.1) is 11.8 Å². The van der Waals surface area contributed by atoms with Gasteiger partial charge in [-0.15, -0.1) is 38.1 Å². The van der Waals surface area contributed by atoms with Gasteiger partial charge in [0.2, 0.25) is 11.8 Å². The number of carbonyl (C=O) groups is 3. The van der Waals surface area contributed by atoms with Gasteiger partial charge in [-0.25, -0.2) is 48.9 Å². The summed E-state index contributed by atoms with van der Waals surface area (Å²) in [5.41, 5.74) is 1.37. The highest BCUT2D eigenvalue weighted by Gasteiger charge is 2.55. The van der Waals surface area contributed by atoms with E-state index in [1.165, 1.54) is 51.7 Å². The van der Waals surface area contributed by atoms with Crippen molar-refractivity contribution in [3.8, 4) is 5.82 Å². The second kappa shape index (κ2) is 50.2. The maximum Gasteiger partial charge on any atom is 0.278 e. The second-order valence-electron chi connectivity index (χ2n) is 34.8. The van der Waals surface area contributed by atoms with E-state index >= 15 is 0 Å². The number of pyridine rings is 3. The number of amides is 2. The first-order chi connectivity index (χ1) is 62.8. The molecule has 1 aromatic carbocycles. The molecule has 2 amide bonds. The molecule has 730 valence electrons. The summed E-state index contributed by atoms with van der Waals surface area (Å²) >= 11 is 11.0. The van der Waals surface area contributed by atoms with Crippen LogP contribution in [0.3, 0.4) is 0 Å². The quantitative estimate of drug-likeness (QED) is 0.0111. The average Bonchev–Trinajstić information content (AvgIpc) is 1.61. The monoisotopic (exact) mass is 2030 g/mol. The summed E-state index contributed by atoms with van der Waals surface area (Å²) < 4.78 is 6.07. The number of benzene rings is 1. The molecule has 134 heavy (non-hydrogen) atoms. The van der Waals surface area contributed by atoms with Gasteiger partial charge in [0, 0.05) is 82.0 Å². The minimum Gasteiger partial charge on any atom is -0.389 e. The molecular weight excluding hydrogens is 1890 g/mol. The van der Waals surface area contributed by atoms with E-state index in [2.05, 4.69) is 217 Å². The summed E-state index contributed by atoms with van der Waals surface area (Å²) in [6.07, 6.45) is 35.6. The number of H-pyrrole nitrogens is 1. The molecule has 9 aliphatic heterocycles. The van der Waals surface area contributed by atoms with Crippen LogP contribution in [0.2, 0.25) is 0 Å². The lowest BCUT2D eigenvalue weighted by molar-refractivity contribution is -0.147. The highest BCUT2D eigenvalue weighted by atomic mass is 79.9. The van der Waals surface area contributed by atoms with Gasteiger partial charge >= 0.3 is 0 Å². The number of aromatic amines is 1. The molecule has 12 N–H and O–H groups in total. The number of allylic oxidation sites excluding steroid dienone is 6. The number of likely N-dealkylation sites (N-methyl/N-ethyl adjacent to an activating group) is 1. The maximum atomic E-state index is 13.5. The van der Waals surface area contributed by atoms with Gasteiger partial charge in [-0.1, -0.05) is 113 Å². The van der Waals surface area contributed by atoms with Crippen molar-refractivity contribution in [2.45, 2.75) is 241 Å². The van der Waals surface area contributed by atoms with Gasteiger partial charge < -0.3 is 35.5 Å². The summed E-state index contributed by atoms with van der Waals surface area (Å²) in [5, 5.41) is 81.7. The van der Waals surface area contributed by atoms with E-state index in [9.17, 15) is 44.4 Å². The van der Waals surface area contributed by atoms with Crippen LogP contribution in [0.5, 0.6) is 0 Å². The number of thioether (sulfide) groups is 3. The molecule has 14 atom stereocenters. The van der Waals surface area contributed by atoms with Gasteiger partial charge in [-0.2, -0.15) is 10.0 Å². The number of ketones is 1. The highest BCUT2D eigenvalue weighted by Crippen LogP contribution is 2.38. The predicted molar refractivity (Wildman–Crippen MR) is 547 cm³/mol. The Morgan fingerprint density at radius 3 is 1.66 bits per heavy atom. The molecule has 9 aliphatic rings. The summed E-state index contributed by atoms with van der Waals surface area (Å²) in [5.74, 6) is 0.597. The molecule has 17 rings (SSSR count). The van der Waals surface area contributed by atoms with Crippen LogP contribution in [-0.4, -0.2) is 255 Å². The molecule has 33 nitrogen and oxygen atoms in total. The van der Waals surface area contributed by atoms with Crippen LogP contribution in [0.25, 0.3) is 27.9 Å². The molecule has 38 heteroatoms. The lowest BCUT2D eigenvalue weighted by Crippen LogP contribution is -2.69. The summed E-state index contributed by atoms with van der Waals surface area (Å²) in [6.45, 7) is 31.1. The fourth-order valence-corrected chi connectivity index (χ4v) is 19.5. The van der Waals surface area contributed by atoms with Crippen LogP contribution in [0.15, 0.2) is 195 Å². The smallest absolute Gasteiger partial charge is 0.278 e. The summed E-state index contributed by atoms with van der Waals surface area (Å²) in [6, 6.07) is 24.9. The molecule has 8 aromatic rings. The standard InChI is InChI=1S/C28H44N8O2.C20H23N5O2S.C18H31N5O2S.C11H14BrNO.C9H10N4OS.C7H6BrNO.3CH4/c1-28(38)13-4-3-5-14-35-26(37)22-19-29-27(32-25(22)36(35)24-8-6-7-23(28)31-24)30-20-9-11-21(12-10-20)34-17-15-33(2)16-18-34;1-5-7-11-20(3,27)15-9-8-10-16(22-15)25-17-14(13-21-19(23-17)28-4)18(26)24(25)12-6-2;1-18(25)9-4-3-5-10-22-16(24)12-11-19-17(26-2)21-15(12)23(22)14-8-6-7-13(18)20-14;1-3-4-8-11(2,14)9-6-5-7-10(12)13-9;1-3-4-13-8(14)6-5-10-9(15-2)11-7(6)12-13;1-5(10)6-3-2-4-7(8)9-6;;;/h3,5,9-12,22-25,27,29-32,38H,4,6-8,13-19H2,1-2H3;5-6,8-10,13,27H,1-2,7,11-12H2,3-4H3;3,5,12-15,17,19-21,25H,4,6-11H2,1-2H3;3,5-7,14H,1,4,8H2,2H3;3,5H,1,4H2,2H3,(H,10,11,12);2-4H,1H3;3*1H4/b5-3-;;5-3-;;;;;;. The van der Waals surface area contributed by atoms with Crippen molar-refractivity contribution in [2.24, 2.45) is 11.8 Å². The van der Waals surface area contributed by atoms with Gasteiger partial charge in [0.1, 0.15) is 48.7 Å². The minimum absolute atomic E-state index is 0. The molecule has 7 saturated heterocycles. The van der Waals surface area contributed by atoms with Crippen molar-refractivity contribution in [1.29, 1.82) is 0 Å². The van der Waals surface area contributed by atoms with E-state index in [0.29, 0.717) is 118 Å². The topological polar surface area (TPSA) is 391 Å². The Morgan fingerprint density at radius 2 is 1.13 bits per heavy atom. The molecule has 4 bridgehead atoms. The van der Waals surface area contributed by atoms with Crippen molar-refractivity contribution >= 4 is 118 Å². The van der Waals surface area contributed by atoms with Crippen molar-refractivity contribution in [3.63, 3.8) is 0 Å². The average molecular weight is 2030 g/mol. The molecule has 16 heterocycles. The maximum absolute atomic E-state index is 13.5. The number of nitrogens with zero attached hydrogens (tertiary/aromatic N) is 16. The van der Waals surface area contributed by atoms with Crippen molar-refractivity contribution in [1.82, 2.24) is 111 Å². The Labute approximate surface area is 818 Å². The number of aromatic nitrogens is 11. The van der Waals surface area contributed by atoms with Crippen LogP contribution in [0.4, 0.5) is 11.4 Å². The number of hydrogen-bond donors (Lipinski definition) is 12. The molecule has 0 spiro atoms. The largest absolute Gasteiger partial charge is 0.389 e. The summed E-state index contributed by atoms with van der Waals surface area (Å²) in [7, 11) is 2.18. The number of nitrogens with one attached hydrogen (secondary N) is 8. The van der Waals surface area contributed by atoms with Crippen molar-refractivity contribution < 1.29 is 34.8 Å². The van der Waals surface area contributed by atoms with Gasteiger partial charge in [0.05, 0.1) is 85.3 Å². The molecule has 0 aliphatic carbocycles. The van der Waals surface area contributed by atoms with Crippen LogP contribution >= 0.6 is 67.1 Å². The van der Waals surface area contributed by atoms with Crippen molar-refractivity contribution in [3.05, 3.63) is 213 Å². The molecular formula is C96H140Br2N24O9S3. The number of piperazine rings is 1. The van der Waals surface area contributed by atoms with Gasteiger partial charge in [0.15, 0.2) is 33.2 Å². The Balaban J connectivity index is 0.000000189. The zero-order valence-corrected chi connectivity index (χ0v) is 81.9. The first kappa shape index (κ1) is 109. The van der Waals surface area contributed by atoms with E-state index in [0.717, 1.165) is 107 Å². The Bertz CT molecular complexity index is 5430. The lowest BCUT2D eigenvalue weighted by Gasteiger charge is -2.47. The number of fused-ring (bicyclic) bond motifs is 14. The number of hydrogen-bond acceptors (Lipinski definition) is 30. The van der Waals surface area contributed by atoms with E-state index in [1.807, 2.05) is 60.6 Å². The fourth-order valence-electron chi connectivity index (χ4n) is 17.6. The number of halogens is 2. The van der Waals surface area contributed by atoms with Gasteiger partial charge in [-0.3, -0.25) is 71.0 Å². The van der Waals surface area contributed by atoms with Crippen LogP contribution in [-0.2, 0) is 33.9 Å². The van der Waals surface area contributed by atoms with Gasteiger partial charge in [-0.05, 0) is 236 Å². The van der Waals surface area contributed by atoms with Gasteiger partial charge in [0.25, 0.3) is 11.1 Å². The SMILES string of the molecule is C.C.C.C=CCCC(C)(O)c1cccc(-n2c3nc(SC)ncc3c(=O)n2CC=C)n1.C=CCCC(C)(O)c1cccc(Br)n1.C=CCn1[nH]c2nc(SC)ncc2c1=O.CC(=O)c1cccc(Br)n1.CN1CCN(c2ccc(NC3NCC4C(=O)N5C/C=C\CCC(C)(O)C6CCCC(N6)N5C4N3)cc2)CC1.CSC1NCC2C(=O)N3C/C=C\CCC(C)(O)C4CCCC(N4)N3C2N1. The van der Waals surface area contributed by atoms with E-state index in [-0.39, 0.29) is 111 Å². The molecule has 14 unspecified atom stereocenters. The van der Waals surface area contributed by atoms with Crippen molar-refractivity contribution in [2.75, 3.05) is 88.4 Å². The fraction of sp³-hybridized carbons (Fsp3) is 0.521. The zero-order chi connectivity index (χ0) is 93.9. The van der Waals surface area contributed by atoms with Crippen LogP contribution < -0.4 is 53.2 Å². The Morgan fingerprint density at radius 1 is 0.612 bits per heavy atom. The Hall–Kier alpha value is -8.49. The molecule has 7 aromatic heterocycles. The first-order valence-electron chi connectivity index (χ1n) is 44.8. The molecule has 0 radical (unpaired) electrons. The first-order valence-corrected chi connectivity index (χ1v) is 50.1. The van der Waals surface area contributed by atoms with E-state index in [4.69, 9.17) is 0 Å². The number of piperidine rings is 2. The number of hydrazine groups is 2. The number of Topliss-reactive ketones (excluding diaryl/α,β-unsaturated/α-hetero) is 1. The Kier molecular flexibility index (Phi) is 40.9. The third-order valence-corrected chi connectivity index (χ3v) is 27.8. The van der Waals surface area contributed by atoms with E-state index in [1.54, 1.807) is 91.1 Å². The predicted octanol–water partition coefficient (Wildman–Crippen LogP) is 12.4.